The van der Waals surface area contributed by atoms with Crippen LogP contribution in [0.4, 0.5) is 0 Å². The zero-order chi connectivity index (χ0) is 21.2. The van der Waals surface area contributed by atoms with Crippen molar-refractivity contribution >= 4 is 5.91 Å². The number of benzene rings is 2. The summed E-state index contributed by atoms with van der Waals surface area (Å²) in [6.45, 7) is 1.12. The van der Waals surface area contributed by atoms with Crippen molar-refractivity contribution in [2.45, 2.75) is 12.5 Å². The van der Waals surface area contributed by atoms with Gasteiger partial charge in [0.25, 0.3) is 11.8 Å². The van der Waals surface area contributed by atoms with Gasteiger partial charge in [0.05, 0.1) is 23.9 Å². The Kier molecular flexibility index (Phi) is 4.72. The molecule has 0 radical (unpaired) electrons. The molecule has 1 fully saturated rings. The Balaban J connectivity index is 1.29. The van der Waals surface area contributed by atoms with E-state index in [1.807, 2.05) is 30.3 Å². The van der Waals surface area contributed by atoms with Gasteiger partial charge in [-0.2, -0.15) is 10.2 Å². The minimum atomic E-state index is -0.0932. The molecule has 0 spiro atoms. The standard InChI is InChI=1S/C22H17N7O2/c23-12-15-5-4-8-17(11-15)22(30)28-10-9-18(13-28)29-14-19(25-27-29)21-24-20(26-31-21)16-6-2-1-3-7-16/h1-8,11,14,18H,9-10,13H2/t18-/m1/s1. The second-order valence-electron chi connectivity index (χ2n) is 7.26. The molecule has 1 atom stereocenters. The highest BCUT2D eigenvalue weighted by atomic mass is 16.5. The molecule has 31 heavy (non-hydrogen) atoms. The number of hydrogen-bond donors (Lipinski definition) is 0. The van der Waals surface area contributed by atoms with E-state index >= 15 is 0 Å². The van der Waals surface area contributed by atoms with Gasteiger partial charge in [-0.1, -0.05) is 46.8 Å². The van der Waals surface area contributed by atoms with E-state index in [1.165, 1.54) is 0 Å². The van der Waals surface area contributed by atoms with Crippen LogP contribution in [0.1, 0.15) is 28.4 Å². The summed E-state index contributed by atoms with van der Waals surface area (Å²) in [6.07, 6.45) is 2.52. The van der Waals surface area contributed by atoms with Gasteiger partial charge in [-0.25, -0.2) is 4.68 Å². The predicted molar refractivity (Wildman–Crippen MR) is 109 cm³/mol. The first-order chi connectivity index (χ1) is 15.2. The first kappa shape index (κ1) is 18.7. The van der Waals surface area contributed by atoms with E-state index in [9.17, 15) is 4.79 Å². The lowest BCUT2D eigenvalue weighted by molar-refractivity contribution is 0.0787. The van der Waals surface area contributed by atoms with Crippen molar-refractivity contribution in [1.82, 2.24) is 30.0 Å². The third-order valence-electron chi connectivity index (χ3n) is 5.25. The van der Waals surface area contributed by atoms with Crippen molar-refractivity contribution in [2.24, 2.45) is 0 Å². The highest BCUT2D eigenvalue weighted by Gasteiger charge is 2.29. The molecule has 1 amide bonds. The topological polar surface area (TPSA) is 114 Å². The van der Waals surface area contributed by atoms with Crippen LogP contribution >= 0.6 is 0 Å². The van der Waals surface area contributed by atoms with E-state index in [0.717, 1.165) is 12.0 Å². The number of amides is 1. The number of carbonyl (C=O) groups excluding carboxylic acids is 1. The van der Waals surface area contributed by atoms with Gasteiger partial charge < -0.3 is 9.42 Å². The average molecular weight is 411 g/mol. The van der Waals surface area contributed by atoms with Crippen LogP contribution in [0.25, 0.3) is 23.0 Å². The molecule has 0 saturated carbocycles. The Morgan fingerprint density at radius 1 is 1.16 bits per heavy atom. The molecule has 5 rings (SSSR count). The molecule has 9 nitrogen and oxygen atoms in total. The zero-order valence-electron chi connectivity index (χ0n) is 16.4. The summed E-state index contributed by atoms with van der Waals surface area (Å²) in [5.74, 6) is 0.691. The molecule has 0 unspecified atom stereocenters. The largest absolute Gasteiger partial charge is 0.336 e. The lowest BCUT2D eigenvalue weighted by Crippen LogP contribution is -2.29. The maximum Gasteiger partial charge on any atom is 0.280 e. The van der Waals surface area contributed by atoms with Gasteiger partial charge in [0.1, 0.15) is 0 Å². The van der Waals surface area contributed by atoms with Gasteiger partial charge in [0.2, 0.25) is 5.82 Å². The molecule has 2 aromatic carbocycles. The molecule has 4 aromatic rings. The van der Waals surface area contributed by atoms with Crippen molar-refractivity contribution < 1.29 is 9.32 Å². The molecule has 1 aliphatic heterocycles. The van der Waals surface area contributed by atoms with E-state index in [4.69, 9.17) is 9.78 Å². The van der Waals surface area contributed by atoms with E-state index in [2.05, 4.69) is 26.5 Å². The fourth-order valence-corrected chi connectivity index (χ4v) is 3.63. The van der Waals surface area contributed by atoms with Crippen molar-refractivity contribution in [3.8, 4) is 29.0 Å². The number of carbonyl (C=O) groups is 1. The Morgan fingerprint density at radius 3 is 2.87 bits per heavy atom. The summed E-state index contributed by atoms with van der Waals surface area (Å²) < 4.78 is 7.09. The molecule has 3 heterocycles. The molecule has 0 N–H and O–H groups in total. The van der Waals surface area contributed by atoms with Crippen LogP contribution in [0, 0.1) is 11.3 Å². The lowest BCUT2D eigenvalue weighted by atomic mass is 10.1. The summed E-state index contributed by atoms with van der Waals surface area (Å²) in [6, 6.07) is 18.4. The quantitative estimate of drug-likeness (QED) is 0.507. The molecule has 152 valence electrons. The van der Waals surface area contributed by atoms with Crippen LogP contribution in [-0.2, 0) is 0 Å². The van der Waals surface area contributed by atoms with E-state index < -0.39 is 0 Å². The third-order valence-corrected chi connectivity index (χ3v) is 5.25. The summed E-state index contributed by atoms with van der Waals surface area (Å²) >= 11 is 0. The summed E-state index contributed by atoms with van der Waals surface area (Å²) in [5, 5.41) is 21.4. The summed E-state index contributed by atoms with van der Waals surface area (Å²) in [5.41, 5.74) is 2.33. The molecule has 1 aliphatic rings. The fourth-order valence-electron chi connectivity index (χ4n) is 3.63. The van der Waals surface area contributed by atoms with Crippen LogP contribution in [0.2, 0.25) is 0 Å². The molecule has 1 saturated heterocycles. The molecule has 0 bridgehead atoms. The number of aromatic nitrogens is 5. The van der Waals surface area contributed by atoms with E-state index in [1.54, 1.807) is 40.0 Å². The average Bonchev–Trinajstić information content (AvgIpc) is 3.59. The van der Waals surface area contributed by atoms with Gasteiger partial charge in [0.15, 0.2) is 5.69 Å². The normalized spacial score (nSPS) is 15.7. The van der Waals surface area contributed by atoms with Crippen LogP contribution in [0.3, 0.4) is 0 Å². The van der Waals surface area contributed by atoms with E-state index in [0.29, 0.717) is 41.6 Å². The number of rotatable bonds is 4. The summed E-state index contributed by atoms with van der Waals surface area (Å²) in [7, 11) is 0. The smallest absolute Gasteiger partial charge is 0.280 e. The molecule has 0 aliphatic carbocycles. The highest BCUT2D eigenvalue weighted by molar-refractivity contribution is 5.94. The third kappa shape index (κ3) is 3.67. The summed E-state index contributed by atoms with van der Waals surface area (Å²) in [4.78, 5) is 19.0. The molecule has 9 heteroatoms. The highest BCUT2D eigenvalue weighted by Crippen LogP contribution is 2.25. The monoisotopic (exact) mass is 411 g/mol. The Labute approximate surface area is 177 Å². The van der Waals surface area contributed by atoms with Crippen molar-refractivity contribution in [3.63, 3.8) is 0 Å². The maximum atomic E-state index is 12.8. The Morgan fingerprint density at radius 2 is 2.03 bits per heavy atom. The van der Waals surface area contributed by atoms with Crippen LogP contribution in [0.15, 0.2) is 65.3 Å². The minimum Gasteiger partial charge on any atom is -0.336 e. The molecular formula is C22H17N7O2. The zero-order valence-corrected chi connectivity index (χ0v) is 16.4. The second kappa shape index (κ2) is 7.84. The molecule has 2 aromatic heterocycles. The van der Waals surface area contributed by atoms with Gasteiger partial charge >= 0.3 is 0 Å². The van der Waals surface area contributed by atoms with E-state index in [-0.39, 0.29) is 11.9 Å². The Bertz CT molecular complexity index is 1270. The lowest BCUT2D eigenvalue weighted by Gasteiger charge is -2.16. The maximum absolute atomic E-state index is 12.8. The van der Waals surface area contributed by atoms with Crippen molar-refractivity contribution in [2.75, 3.05) is 13.1 Å². The fraction of sp³-hybridized carbons (Fsp3) is 0.182. The first-order valence-corrected chi connectivity index (χ1v) is 9.82. The number of likely N-dealkylation sites (tertiary alicyclic amines) is 1. The number of hydrogen-bond acceptors (Lipinski definition) is 7. The van der Waals surface area contributed by atoms with Crippen LogP contribution < -0.4 is 0 Å². The predicted octanol–water partition coefficient (Wildman–Crippen LogP) is 2.95. The van der Waals surface area contributed by atoms with Crippen LogP contribution in [0.5, 0.6) is 0 Å². The first-order valence-electron chi connectivity index (χ1n) is 9.82. The number of nitriles is 1. The van der Waals surface area contributed by atoms with Crippen LogP contribution in [-0.4, -0.2) is 49.0 Å². The van der Waals surface area contributed by atoms with Crippen molar-refractivity contribution in [3.05, 3.63) is 71.9 Å². The minimum absolute atomic E-state index is 0.000801. The Hall–Kier alpha value is -4.32. The van der Waals surface area contributed by atoms with Gasteiger partial charge in [-0.3, -0.25) is 4.79 Å². The van der Waals surface area contributed by atoms with Gasteiger partial charge in [0, 0.05) is 24.2 Å². The molecular weight excluding hydrogens is 394 g/mol. The van der Waals surface area contributed by atoms with Crippen molar-refractivity contribution in [1.29, 1.82) is 5.26 Å². The van der Waals surface area contributed by atoms with Gasteiger partial charge in [-0.15, -0.1) is 5.10 Å². The number of nitrogens with zero attached hydrogens (tertiary/aromatic N) is 7. The SMILES string of the molecule is N#Cc1cccc(C(=O)N2CC[C@@H](n3cc(-c4nc(-c5ccccc5)no4)nn3)C2)c1. The second-order valence-corrected chi connectivity index (χ2v) is 7.26. The van der Waals surface area contributed by atoms with Gasteiger partial charge in [-0.05, 0) is 24.6 Å².